The van der Waals surface area contributed by atoms with Gasteiger partial charge in [-0.3, -0.25) is 0 Å². The van der Waals surface area contributed by atoms with Crippen LogP contribution in [0, 0.1) is 18.3 Å². The molecule has 0 fully saturated rings. The van der Waals surface area contributed by atoms with Crippen LogP contribution in [-0.4, -0.2) is 5.11 Å². The van der Waals surface area contributed by atoms with Gasteiger partial charge in [-0.05, 0) is 24.0 Å². The number of phenols is 1. The fourth-order valence-corrected chi connectivity index (χ4v) is 1.57. The number of rotatable bonds is 2. The Morgan fingerprint density at radius 1 is 1.43 bits per heavy atom. The van der Waals surface area contributed by atoms with Gasteiger partial charge in [0.15, 0.2) is 0 Å². The van der Waals surface area contributed by atoms with Gasteiger partial charge >= 0.3 is 0 Å². The molecule has 74 valence electrons. The Labute approximate surface area is 84.8 Å². The van der Waals surface area contributed by atoms with Gasteiger partial charge in [0.1, 0.15) is 5.75 Å². The quantitative estimate of drug-likeness (QED) is 0.777. The van der Waals surface area contributed by atoms with Crippen LogP contribution in [-0.2, 0) is 6.42 Å². The van der Waals surface area contributed by atoms with Crippen molar-refractivity contribution in [2.45, 2.75) is 33.1 Å². The fourth-order valence-electron chi connectivity index (χ4n) is 1.57. The summed E-state index contributed by atoms with van der Waals surface area (Å²) in [6.07, 6.45) is 0.279. The summed E-state index contributed by atoms with van der Waals surface area (Å²) >= 11 is 0. The second-order valence-corrected chi connectivity index (χ2v) is 3.79. The summed E-state index contributed by atoms with van der Waals surface area (Å²) in [5.74, 6) is 0.614. The van der Waals surface area contributed by atoms with Gasteiger partial charge in [-0.1, -0.05) is 26.0 Å². The van der Waals surface area contributed by atoms with Crippen LogP contribution in [0.25, 0.3) is 0 Å². The molecule has 0 radical (unpaired) electrons. The highest BCUT2D eigenvalue weighted by molar-refractivity contribution is 5.47. The average molecular weight is 189 g/mol. The third kappa shape index (κ3) is 1.88. The predicted molar refractivity (Wildman–Crippen MR) is 56.2 cm³/mol. The first-order valence-electron chi connectivity index (χ1n) is 4.76. The van der Waals surface area contributed by atoms with Crippen LogP contribution in [0.4, 0.5) is 0 Å². The van der Waals surface area contributed by atoms with Crippen molar-refractivity contribution in [1.82, 2.24) is 0 Å². The molecule has 0 heterocycles. The van der Waals surface area contributed by atoms with E-state index in [0.717, 1.165) is 16.7 Å². The van der Waals surface area contributed by atoms with Gasteiger partial charge in [0.05, 0.1) is 12.5 Å². The van der Waals surface area contributed by atoms with Crippen LogP contribution in [0.15, 0.2) is 12.1 Å². The number of nitriles is 1. The van der Waals surface area contributed by atoms with Crippen molar-refractivity contribution in [1.29, 1.82) is 5.26 Å². The molecule has 1 aromatic rings. The minimum absolute atomic E-state index is 0.276. The molecule has 0 aromatic heterocycles. The molecule has 0 bridgehead atoms. The summed E-state index contributed by atoms with van der Waals surface area (Å²) in [5, 5.41) is 18.5. The van der Waals surface area contributed by atoms with E-state index in [-0.39, 0.29) is 12.2 Å². The molecular weight excluding hydrogens is 174 g/mol. The number of phenolic OH excluding ortho intramolecular Hbond substituents is 1. The zero-order valence-corrected chi connectivity index (χ0v) is 8.83. The van der Waals surface area contributed by atoms with Gasteiger partial charge in [-0.15, -0.1) is 0 Å². The summed E-state index contributed by atoms with van der Waals surface area (Å²) in [4.78, 5) is 0. The molecule has 2 heteroatoms. The number of benzene rings is 1. The molecule has 0 unspecified atom stereocenters. The van der Waals surface area contributed by atoms with Crippen molar-refractivity contribution in [3.8, 4) is 11.8 Å². The van der Waals surface area contributed by atoms with E-state index in [2.05, 4.69) is 19.9 Å². The van der Waals surface area contributed by atoms with E-state index in [9.17, 15) is 5.11 Å². The van der Waals surface area contributed by atoms with Crippen molar-refractivity contribution >= 4 is 0 Å². The molecule has 0 spiro atoms. The lowest BCUT2D eigenvalue weighted by Gasteiger charge is -2.13. The van der Waals surface area contributed by atoms with E-state index in [1.807, 2.05) is 19.1 Å². The molecule has 1 N–H and O–H groups in total. The maximum Gasteiger partial charge on any atom is 0.123 e. The van der Waals surface area contributed by atoms with Crippen LogP contribution < -0.4 is 0 Å². The summed E-state index contributed by atoms with van der Waals surface area (Å²) in [7, 11) is 0. The molecule has 0 aliphatic heterocycles. The van der Waals surface area contributed by atoms with Crippen molar-refractivity contribution in [3.63, 3.8) is 0 Å². The number of nitrogens with zero attached hydrogens (tertiary/aromatic N) is 1. The fraction of sp³-hybridized carbons (Fsp3) is 0.417. The summed E-state index contributed by atoms with van der Waals surface area (Å²) in [5.41, 5.74) is 2.68. The largest absolute Gasteiger partial charge is 0.507 e. The molecule has 0 saturated carbocycles. The Morgan fingerprint density at radius 2 is 2.07 bits per heavy atom. The third-order valence-electron chi connectivity index (χ3n) is 2.40. The first kappa shape index (κ1) is 10.6. The lowest BCUT2D eigenvalue weighted by molar-refractivity contribution is 0.464. The molecule has 0 atom stereocenters. The summed E-state index contributed by atoms with van der Waals surface area (Å²) in [6.45, 7) is 5.97. The van der Waals surface area contributed by atoms with Crippen LogP contribution in [0.1, 0.15) is 36.5 Å². The SMILES string of the molecule is Cc1ccc(C(C)C)c(CC#N)c1O. The van der Waals surface area contributed by atoms with E-state index in [0.29, 0.717) is 5.92 Å². The summed E-state index contributed by atoms with van der Waals surface area (Å²) < 4.78 is 0. The molecule has 0 aliphatic rings. The first-order valence-corrected chi connectivity index (χ1v) is 4.76. The number of aromatic hydroxyl groups is 1. The van der Waals surface area contributed by atoms with E-state index in [4.69, 9.17) is 5.26 Å². The van der Waals surface area contributed by atoms with Crippen molar-refractivity contribution in [2.75, 3.05) is 0 Å². The van der Waals surface area contributed by atoms with E-state index >= 15 is 0 Å². The van der Waals surface area contributed by atoms with Crippen molar-refractivity contribution in [3.05, 3.63) is 28.8 Å². The topological polar surface area (TPSA) is 44.0 Å². The minimum Gasteiger partial charge on any atom is -0.507 e. The molecule has 14 heavy (non-hydrogen) atoms. The Bertz CT molecular complexity index is 375. The van der Waals surface area contributed by atoms with Gasteiger partial charge < -0.3 is 5.11 Å². The van der Waals surface area contributed by atoms with E-state index in [1.165, 1.54) is 0 Å². The van der Waals surface area contributed by atoms with E-state index < -0.39 is 0 Å². The highest BCUT2D eigenvalue weighted by Gasteiger charge is 2.12. The Kier molecular flexibility index (Phi) is 3.14. The zero-order valence-electron chi connectivity index (χ0n) is 8.83. The third-order valence-corrected chi connectivity index (χ3v) is 2.40. The standard InChI is InChI=1S/C12H15NO/c1-8(2)10-5-4-9(3)12(14)11(10)6-7-13/h4-5,8,14H,6H2,1-3H3. The molecule has 1 aromatic carbocycles. The highest BCUT2D eigenvalue weighted by Crippen LogP contribution is 2.30. The van der Waals surface area contributed by atoms with Gasteiger partial charge in [0, 0.05) is 5.56 Å². The zero-order chi connectivity index (χ0) is 10.7. The predicted octanol–water partition coefficient (Wildman–Crippen LogP) is 2.89. The van der Waals surface area contributed by atoms with Crippen molar-refractivity contribution < 1.29 is 5.11 Å². The van der Waals surface area contributed by atoms with Gasteiger partial charge in [0.25, 0.3) is 0 Å². The second-order valence-electron chi connectivity index (χ2n) is 3.79. The monoisotopic (exact) mass is 189 g/mol. The molecular formula is C12H15NO. The average Bonchev–Trinajstić information content (AvgIpc) is 2.13. The Morgan fingerprint density at radius 3 is 2.57 bits per heavy atom. The van der Waals surface area contributed by atoms with Crippen LogP contribution in [0.2, 0.25) is 0 Å². The normalized spacial score (nSPS) is 10.2. The smallest absolute Gasteiger partial charge is 0.123 e. The number of hydrogen-bond donors (Lipinski definition) is 1. The lowest BCUT2D eigenvalue weighted by Crippen LogP contribution is -1.97. The van der Waals surface area contributed by atoms with Crippen molar-refractivity contribution in [2.24, 2.45) is 0 Å². The number of hydrogen-bond acceptors (Lipinski definition) is 2. The molecule has 2 nitrogen and oxygen atoms in total. The summed E-state index contributed by atoms with van der Waals surface area (Å²) in [6, 6.07) is 5.97. The number of aryl methyl sites for hydroxylation is 1. The molecule has 0 saturated heterocycles. The Balaban J connectivity index is 3.31. The van der Waals surface area contributed by atoms with Crippen LogP contribution in [0.5, 0.6) is 5.75 Å². The van der Waals surface area contributed by atoms with Gasteiger partial charge in [-0.2, -0.15) is 5.26 Å². The Hall–Kier alpha value is -1.49. The van der Waals surface area contributed by atoms with Crippen LogP contribution >= 0.6 is 0 Å². The minimum atomic E-state index is 0.276. The lowest BCUT2D eigenvalue weighted by atomic mass is 9.93. The van der Waals surface area contributed by atoms with E-state index in [1.54, 1.807) is 0 Å². The highest BCUT2D eigenvalue weighted by atomic mass is 16.3. The first-order chi connectivity index (χ1) is 6.57. The molecule has 0 aliphatic carbocycles. The van der Waals surface area contributed by atoms with Gasteiger partial charge in [0.2, 0.25) is 0 Å². The molecule has 0 amide bonds. The van der Waals surface area contributed by atoms with Gasteiger partial charge in [-0.25, -0.2) is 0 Å². The maximum atomic E-state index is 9.81. The molecule has 1 rings (SSSR count). The van der Waals surface area contributed by atoms with Crippen LogP contribution in [0.3, 0.4) is 0 Å². The maximum absolute atomic E-state index is 9.81. The second kappa shape index (κ2) is 4.15.